The Bertz CT molecular complexity index is 962. The molecule has 0 spiro atoms. The van der Waals surface area contributed by atoms with E-state index in [9.17, 15) is 14.0 Å². The second-order valence-electron chi connectivity index (χ2n) is 6.16. The van der Waals surface area contributed by atoms with Crippen LogP contribution in [0.25, 0.3) is 0 Å². The molecule has 0 amide bonds. The molecule has 3 rings (SSSR count). The first-order valence-corrected chi connectivity index (χ1v) is 9.54. The minimum atomic E-state index is -1.05. The van der Waals surface area contributed by atoms with Gasteiger partial charge in [0.05, 0.1) is 18.1 Å². The van der Waals surface area contributed by atoms with Crippen LogP contribution in [0.5, 0.6) is 0 Å². The van der Waals surface area contributed by atoms with Crippen molar-refractivity contribution in [1.29, 1.82) is 0 Å². The lowest BCUT2D eigenvalue weighted by atomic mass is 9.79. The second-order valence-corrected chi connectivity index (χ2v) is 7.08. The van der Waals surface area contributed by atoms with Crippen molar-refractivity contribution >= 4 is 27.7 Å². The van der Waals surface area contributed by atoms with Crippen LogP contribution in [0.3, 0.4) is 0 Å². The molecule has 4 nitrogen and oxygen atoms in total. The molecule has 1 aliphatic rings. The van der Waals surface area contributed by atoms with Gasteiger partial charge in [0.2, 0.25) is 0 Å². The molecule has 28 heavy (non-hydrogen) atoms. The van der Waals surface area contributed by atoms with Gasteiger partial charge in [0, 0.05) is 10.0 Å². The van der Waals surface area contributed by atoms with Crippen molar-refractivity contribution in [2.24, 2.45) is 0 Å². The monoisotopic (exact) mass is 444 g/mol. The number of ether oxygens (including phenoxy) is 2. The fourth-order valence-corrected chi connectivity index (χ4v) is 3.40. The lowest BCUT2D eigenvalue weighted by Gasteiger charge is -2.28. The summed E-state index contributed by atoms with van der Waals surface area (Å²) >= 11 is 3.36. The molecule has 144 valence electrons. The molecule has 0 aromatic heterocycles. The highest BCUT2D eigenvalue weighted by atomic mass is 79.9. The van der Waals surface area contributed by atoms with E-state index >= 15 is 0 Å². The average molecular weight is 445 g/mol. The molecule has 0 bridgehead atoms. The number of Topliss-reactive ketones (excluding diaryl/α,β-unsaturated/α-hetero) is 1. The molecule has 0 radical (unpaired) electrons. The van der Waals surface area contributed by atoms with Crippen LogP contribution in [-0.4, -0.2) is 18.4 Å². The summed E-state index contributed by atoms with van der Waals surface area (Å²) in [5, 5.41) is 0. The fourth-order valence-electron chi connectivity index (χ4n) is 3.14. The van der Waals surface area contributed by atoms with Gasteiger partial charge in [-0.05, 0) is 31.5 Å². The zero-order chi connectivity index (χ0) is 20.3. The first-order chi connectivity index (χ1) is 13.4. The SMILES string of the molecule is CCOC(=O)C1=C(F)OC(C)=C(C(=O)c2ccccc2)C1c1ccc(Br)cc1. The van der Waals surface area contributed by atoms with Gasteiger partial charge in [-0.25, -0.2) is 4.79 Å². The van der Waals surface area contributed by atoms with Gasteiger partial charge < -0.3 is 9.47 Å². The van der Waals surface area contributed by atoms with E-state index in [2.05, 4.69) is 15.9 Å². The zero-order valence-corrected chi connectivity index (χ0v) is 17.0. The number of rotatable bonds is 5. The summed E-state index contributed by atoms with van der Waals surface area (Å²) in [6, 6.07) is 14.6. The van der Waals surface area contributed by atoms with E-state index in [1.54, 1.807) is 61.5 Å². The summed E-state index contributed by atoms with van der Waals surface area (Å²) in [5.74, 6) is -2.00. The van der Waals surface area contributed by atoms with Crippen molar-refractivity contribution in [1.82, 2.24) is 0 Å². The van der Waals surface area contributed by atoms with E-state index < -0.39 is 17.9 Å². The molecule has 1 heterocycles. The molecule has 1 unspecified atom stereocenters. The molecular formula is C22H18BrFO4. The summed E-state index contributed by atoms with van der Waals surface area (Å²) in [6.07, 6.45) is 0. The Kier molecular flexibility index (Phi) is 6.09. The predicted molar refractivity (Wildman–Crippen MR) is 106 cm³/mol. The number of hydrogen-bond donors (Lipinski definition) is 0. The molecule has 0 fully saturated rings. The Morgan fingerprint density at radius 1 is 1.07 bits per heavy atom. The van der Waals surface area contributed by atoms with Crippen LogP contribution in [0.15, 0.2) is 82.0 Å². The van der Waals surface area contributed by atoms with Gasteiger partial charge in [0.25, 0.3) is 6.01 Å². The largest absolute Gasteiger partial charge is 0.462 e. The smallest absolute Gasteiger partial charge is 0.341 e. The van der Waals surface area contributed by atoms with Crippen LogP contribution in [0.2, 0.25) is 0 Å². The van der Waals surface area contributed by atoms with E-state index in [0.717, 1.165) is 4.47 Å². The van der Waals surface area contributed by atoms with Crippen LogP contribution >= 0.6 is 15.9 Å². The van der Waals surface area contributed by atoms with E-state index in [4.69, 9.17) is 9.47 Å². The highest BCUT2D eigenvalue weighted by Gasteiger charge is 2.40. The predicted octanol–water partition coefficient (Wildman–Crippen LogP) is 5.46. The topological polar surface area (TPSA) is 52.6 Å². The summed E-state index contributed by atoms with van der Waals surface area (Å²) in [5.41, 5.74) is 0.906. The zero-order valence-electron chi connectivity index (χ0n) is 15.4. The Labute approximate surface area is 170 Å². The number of allylic oxidation sites excluding steroid dienone is 2. The maximum absolute atomic E-state index is 14.7. The Morgan fingerprint density at radius 2 is 1.71 bits per heavy atom. The third-order valence-corrected chi connectivity index (χ3v) is 4.92. The van der Waals surface area contributed by atoms with Crippen molar-refractivity contribution in [3.05, 3.63) is 93.1 Å². The van der Waals surface area contributed by atoms with E-state index in [1.165, 1.54) is 6.92 Å². The van der Waals surface area contributed by atoms with Crippen molar-refractivity contribution in [3.63, 3.8) is 0 Å². The standard InChI is InChI=1S/C22H18BrFO4/c1-3-27-22(26)19-18(14-9-11-16(23)12-10-14)17(13(2)28-21(19)24)20(25)15-7-5-4-6-8-15/h4-12,18H,3H2,1-2H3. The average Bonchev–Trinajstić information content (AvgIpc) is 2.68. The van der Waals surface area contributed by atoms with Gasteiger partial charge in [0.15, 0.2) is 5.78 Å². The maximum atomic E-state index is 14.7. The number of esters is 1. The summed E-state index contributed by atoms with van der Waals surface area (Å²) in [7, 11) is 0. The van der Waals surface area contributed by atoms with Crippen molar-refractivity contribution in [2.75, 3.05) is 6.61 Å². The highest BCUT2D eigenvalue weighted by Crippen LogP contribution is 2.43. The van der Waals surface area contributed by atoms with Crippen LogP contribution < -0.4 is 0 Å². The van der Waals surface area contributed by atoms with Crippen molar-refractivity contribution in [3.8, 4) is 0 Å². The third kappa shape index (κ3) is 3.92. The molecule has 2 aromatic carbocycles. The number of ketones is 1. The van der Waals surface area contributed by atoms with Crippen LogP contribution in [0.1, 0.15) is 35.7 Å². The molecule has 0 saturated heterocycles. The first kappa shape index (κ1) is 20.0. The maximum Gasteiger partial charge on any atom is 0.341 e. The Balaban J connectivity index is 2.17. The van der Waals surface area contributed by atoms with Gasteiger partial charge in [-0.3, -0.25) is 4.79 Å². The van der Waals surface area contributed by atoms with Crippen LogP contribution in [-0.2, 0) is 14.3 Å². The quantitative estimate of drug-likeness (QED) is 0.453. The summed E-state index contributed by atoms with van der Waals surface area (Å²) < 4.78 is 25.7. The highest BCUT2D eigenvalue weighted by molar-refractivity contribution is 9.10. The summed E-state index contributed by atoms with van der Waals surface area (Å²) in [6.45, 7) is 3.22. The third-order valence-electron chi connectivity index (χ3n) is 4.39. The van der Waals surface area contributed by atoms with Gasteiger partial charge in [0.1, 0.15) is 11.3 Å². The Hall–Kier alpha value is -2.73. The minimum absolute atomic E-state index is 0.0767. The van der Waals surface area contributed by atoms with E-state index in [1.807, 2.05) is 0 Å². The second kappa shape index (κ2) is 8.52. The lowest BCUT2D eigenvalue weighted by Crippen LogP contribution is -2.26. The van der Waals surface area contributed by atoms with Crippen molar-refractivity contribution < 1.29 is 23.5 Å². The number of halogens is 2. The van der Waals surface area contributed by atoms with Crippen LogP contribution in [0.4, 0.5) is 4.39 Å². The van der Waals surface area contributed by atoms with Gasteiger partial charge in [-0.1, -0.05) is 58.4 Å². The summed E-state index contributed by atoms with van der Waals surface area (Å²) in [4.78, 5) is 25.8. The lowest BCUT2D eigenvalue weighted by molar-refractivity contribution is -0.139. The molecule has 0 aliphatic carbocycles. The molecule has 1 atom stereocenters. The van der Waals surface area contributed by atoms with E-state index in [-0.39, 0.29) is 29.3 Å². The van der Waals surface area contributed by atoms with Crippen molar-refractivity contribution in [2.45, 2.75) is 19.8 Å². The van der Waals surface area contributed by atoms with Gasteiger partial charge in [-0.2, -0.15) is 4.39 Å². The molecule has 0 N–H and O–H groups in total. The van der Waals surface area contributed by atoms with Gasteiger partial charge >= 0.3 is 5.97 Å². The fraction of sp³-hybridized carbons (Fsp3) is 0.182. The molecule has 0 saturated carbocycles. The number of benzene rings is 2. The molecular weight excluding hydrogens is 427 g/mol. The number of hydrogen-bond acceptors (Lipinski definition) is 4. The number of carbonyl (C=O) groups is 2. The molecule has 1 aliphatic heterocycles. The minimum Gasteiger partial charge on any atom is -0.462 e. The Morgan fingerprint density at radius 3 is 2.32 bits per heavy atom. The molecule has 6 heteroatoms. The first-order valence-electron chi connectivity index (χ1n) is 8.74. The number of carbonyl (C=O) groups excluding carboxylic acids is 2. The molecule has 2 aromatic rings. The van der Waals surface area contributed by atoms with Crippen LogP contribution in [0, 0.1) is 0 Å². The van der Waals surface area contributed by atoms with E-state index in [0.29, 0.717) is 11.1 Å². The normalized spacial score (nSPS) is 16.6. The van der Waals surface area contributed by atoms with Gasteiger partial charge in [-0.15, -0.1) is 0 Å².